The van der Waals surface area contributed by atoms with Crippen LogP contribution in [0, 0.1) is 0 Å². The van der Waals surface area contributed by atoms with Crippen molar-refractivity contribution in [2.75, 3.05) is 14.2 Å². The van der Waals surface area contributed by atoms with Gasteiger partial charge in [0.2, 0.25) is 11.8 Å². The van der Waals surface area contributed by atoms with Crippen LogP contribution < -0.4 is 9.47 Å². The number of aryl methyl sites for hydroxylation is 2. The van der Waals surface area contributed by atoms with Gasteiger partial charge in [-0.3, -0.25) is 0 Å². The number of hydrogen-bond acceptors (Lipinski definition) is 6. The van der Waals surface area contributed by atoms with E-state index in [4.69, 9.17) is 13.9 Å². The Morgan fingerprint density at radius 2 is 1.96 bits per heavy atom. The highest BCUT2D eigenvalue weighted by molar-refractivity contribution is 5.79. The maximum atomic E-state index is 5.82. The molecule has 0 radical (unpaired) electrons. The Balaban J connectivity index is 1.52. The van der Waals surface area contributed by atoms with Crippen LogP contribution in [0.1, 0.15) is 11.5 Å². The van der Waals surface area contributed by atoms with E-state index in [1.165, 1.54) is 0 Å². The first-order valence-electron chi connectivity index (χ1n) is 8.24. The first-order chi connectivity index (χ1) is 12.8. The average Bonchev–Trinajstić information content (AvgIpc) is 3.34. The lowest BCUT2D eigenvalue weighted by atomic mass is 10.1. The van der Waals surface area contributed by atoms with E-state index in [0.29, 0.717) is 30.4 Å². The summed E-state index contributed by atoms with van der Waals surface area (Å²) in [4.78, 5) is 7.29. The van der Waals surface area contributed by atoms with E-state index in [-0.39, 0.29) is 0 Å². The van der Waals surface area contributed by atoms with Gasteiger partial charge < -0.3 is 18.9 Å². The van der Waals surface area contributed by atoms with Crippen molar-refractivity contribution in [2.45, 2.75) is 12.8 Å². The van der Waals surface area contributed by atoms with Crippen molar-refractivity contribution in [3.05, 3.63) is 54.2 Å². The van der Waals surface area contributed by atoms with Crippen molar-refractivity contribution in [3.63, 3.8) is 0 Å². The highest BCUT2D eigenvalue weighted by Gasteiger charge is 2.13. The van der Waals surface area contributed by atoms with Crippen LogP contribution in [0.2, 0.25) is 0 Å². The van der Waals surface area contributed by atoms with Gasteiger partial charge in [0, 0.05) is 12.0 Å². The molecule has 0 fully saturated rings. The van der Waals surface area contributed by atoms with E-state index in [9.17, 15) is 0 Å². The number of nitrogens with one attached hydrogen (secondary N) is 1. The van der Waals surface area contributed by atoms with Crippen LogP contribution in [0.25, 0.3) is 22.5 Å². The number of imidazole rings is 1. The summed E-state index contributed by atoms with van der Waals surface area (Å²) in [5.41, 5.74) is 3.73. The fourth-order valence-corrected chi connectivity index (χ4v) is 2.93. The molecular formula is C19H18N4O3. The molecule has 0 saturated heterocycles. The van der Waals surface area contributed by atoms with Gasteiger partial charge in [0.25, 0.3) is 0 Å². The maximum Gasteiger partial charge on any atom is 0.247 e. The third-order valence-corrected chi connectivity index (χ3v) is 4.23. The summed E-state index contributed by atoms with van der Waals surface area (Å²) in [5.74, 6) is 2.52. The molecule has 2 aromatic carbocycles. The normalized spacial score (nSPS) is 11.0. The predicted molar refractivity (Wildman–Crippen MR) is 96.3 cm³/mol. The van der Waals surface area contributed by atoms with E-state index in [2.05, 4.69) is 20.2 Å². The van der Waals surface area contributed by atoms with Crippen LogP contribution in [0.3, 0.4) is 0 Å². The Bertz CT molecular complexity index is 1040. The zero-order valence-electron chi connectivity index (χ0n) is 14.5. The minimum atomic E-state index is 0.495. The summed E-state index contributed by atoms with van der Waals surface area (Å²) in [5, 5.41) is 8.32. The van der Waals surface area contributed by atoms with E-state index in [0.717, 1.165) is 27.9 Å². The Kier molecular flexibility index (Phi) is 4.27. The second kappa shape index (κ2) is 6.87. The molecule has 0 aliphatic carbocycles. The SMILES string of the molecule is COc1cccc(CCc2nnc(-c3ccc4nc[nH]c4c3)o2)c1OC. The van der Waals surface area contributed by atoms with Crippen LogP contribution in [0.15, 0.2) is 47.1 Å². The lowest BCUT2D eigenvalue weighted by Gasteiger charge is -2.11. The Morgan fingerprint density at radius 3 is 2.81 bits per heavy atom. The third kappa shape index (κ3) is 2.99. The number of H-pyrrole nitrogens is 1. The molecule has 0 atom stereocenters. The van der Waals surface area contributed by atoms with E-state index < -0.39 is 0 Å². The molecule has 132 valence electrons. The first-order valence-corrected chi connectivity index (χ1v) is 8.24. The van der Waals surface area contributed by atoms with Crippen molar-refractivity contribution >= 4 is 11.0 Å². The molecule has 7 heteroatoms. The molecule has 0 spiro atoms. The van der Waals surface area contributed by atoms with Gasteiger partial charge in [0.05, 0.1) is 31.6 Å². The maximum absolute atomic E-state index is 5.82. The van der Waals surface area contributed by atoms with E-state index in [1.807, 2.05) is 36.4 Å². The third-order valence-electron chi connectivity index (χ3n) is 4.23. The fourth-order valence-electron chi connectivity index (χ4n) is 2.93. The number of benzene rings is 2. The van der Waals surface area contributed by atoms with Gasteiger partial charge in [0.1, 0.15) is 0 Å². The topological polar surface area (TPSA) is 86.1 Å². The standard InChI is InChI=1S/C19H18N4O3/c1-24-16-5-3-4-12(18(16)25-2)7-9-17-22-23-19(26-17)13-6-8-14-15(10-13)21-11-20-14/h3-6,8,10-11H,7,9H2,1-2H3,(H,20,21). The number of aromatic amines is 1. The lowest BCUT2D eigenvalue weighted by Crippen LogP contribution is -1.98. The molecule has 4 rings (SSSR count). The number of methoxy groups -OCH3 is 2. The van der Waals surface area contributed by atoms with Crippen LogP contribution in [0.5, 0.6) is 11.5 Å². The van der Waals surface area contributed by atoms with Gasteiger partial charge in [-0.1, -0.05) is 12.1 Å². The number of para-hydroxylation sites is 1. The number of nitrogens with zero attached hydrogens (tertiary/aromatic N) is 3. The fraction of sp³-hybridized carbons (Fsp3) is 0.211. The number of rotatable bonds is 6. The second-order valence-electron chi connectivity index (χ2n) is 5.79. The van der Waals surface area contributed by atoms with Crippen molar-refractivity contribution in [3.8, 4) is 23.0 Å². The van der Waals surface area contributed by atoms with Crippen molar-refractivity contribution in [1.82, 2.24) is 20.2 Å². The highest BCUT2D eigenvalue weighted by Crippen LogP contribution is 2.31. The summed E-state index contributed by atoms with van der Waals surface area (Å²) < 4.78 is 16.6. The number of fused-ring (bicyclic) bond motifs is 1. The summed E-state index contributed by atoms with van der Waals surface area (Å²) in [7, 11) is 3.26. The summed E-state index contributed by atoms with van der Waals surface area (Å²) >= 11 is 0. The molecule has 2 aromatic heterocycles. The molecule has 2 heterocycles. The molecular weight excluding hydrogens is 332 g/mol. The molecule has 4 aromatic rings. The van der Waals surface area contributed by atoms with Crippen molar-refractivity contribution < 1.29 is 13.9 Å². The van der Waals surface area contributed by atoms with Crippen LogP contribution in [-0.4, -0.2) is 34.4 Å². The van der Waals surface area contributed by atoms with Gasteiger partial charge in [-0.15, -0.1) is 10.2 Å². The molecule has 0 bridgehead atoms. The first kappa shape index (κ1) is 16.1. The van der Waals surface area contributed by atoms with Gasteiger partial charge in [-0.05, 0) is 36.2 Å². The Hall–Kier alpha value is -3.35. The summed E-state index contributed by atoms with van der Waals surface area (Å²) in [6.45, 7) is 0. The lowest BCUT2D eigenvalue weighted by molar-refractivity contribution is 0.351. The van der Waals surface area contributed by atoms with Crippen molar-refractivity contribution in [1.29, 1.82) is 0 Å². The van der Waals surface area contributed by atoms with Crippen LogP contribution >= 0.6 is 0 Å². The molecule has 7 nitrogen and oxygen atoms in total. The molecule has 26 heavy (non-hydrogen) atoms. The zero-order chi connectivity index (χ0) is 17.9. The van der Waals surface area contributed by atoms with E-state index >= 15 is 0 Å². The van der Waals surface area contributed by atoms with Gasteiger partial charge in [-0.2, -0.15) is 0 Å². The Labute approximate surface area is 150 Å². The minimum absolute atomic E-state index is 0.495. The largest absolute Gasteiger partial charge is 0.493 e. The summed E-state index contributed by atoms with van der Waals surface area (Å²) in [6.07, 6.45) is 2.99. The average molecular weight is 350 g/mol. The molecule has 0 aliphatic heterocycles. The number of hydrogen-bond donors (Lipinski definition) is 1. The quantitative estimate of drug-likeness (QED) is 0.573. The highest BCUT2D eigenvalue weighted by atomic mass is 16.5. The van der Waals surface area contributed by atoms with Crippen molar-refractivity contribution in [2.24, 2.45) is 0 Å². The van der Waals surface area contributed by atoms with Gasteiger partial charge in [-0.25, -0.2) is 4.98 Å². The second-order valence-corrected chi connectivity index (χ2v) is 5.79. The van der Waals surface area contributed by atoms with Crippen LogP contribution in [0.4, 0.5) is 0 Å². The molecule has 0 unspecified atom stereocenters. The monoisotopic (exact) mass is 350 g/mol. The predicted octanol–water partition coefficient (Wildman–Crippen LogP) is 3.42. The smallest absolute Gasteiger partial charge is 0.247 e. The molecule has 0 saturated carbocycles. The number of ether oxygens (including phenoxy) is 2. The Morgan fingerprint density at radius 1 is 1.04 bits per heavy atom. The minimum Gasteiger partial charge on any atom is -0.493 e. The molecule has 1 N–H and O–H groups in total. The molecule has 0 amide bonds. The van der Waals surface area contributed by atoms with Gasteiger partial charge in [0.15, 0.2) is 11.5 Å². The summed E-state index contributed by atoms with van der Waals surface area (Å²) in [6, 6.07) is 11.6. The van der Waals surface area contributed by atoms with Gasteiger partial charge >= 0.3 is 0 Å². The zero-order valence-corrected chi connectivity index (χ0v) is 14.5. The molecule has 0 aliphatic rings. The van der Waals surface area contributed by atoms with Crippen LogP contribution in [-0.2, 0) is 12.8 Å². The van der Waals surface area contributed by atoms with E-state index in [1.54, 1.807) is 20.5 Å². The number of aromatic nitrogens is 4.